The van der Waals surface area contributed by atoms with Crippen LogP contribution < -0.4 is 0 Å². The van der Waals surface area contributed by atoms with Crippen molar-refractivity contribution in [3.8, 4) is 0 Å². The first-order valence-corrected chi connectivity index (χ1v) is 6.48. The van der Waals surface area contributed by atoms with Crippen LogP contribution in [0, 0.1) is 0 Å². The minimum Gasteiger partial charge on any atom is -0.341 e. The van der Waals surface area contributed by atoms with Crippen LogP contribution in [0.25, 0.3) is 11.0 Å². The Bertz CT molecular complexity index is 650. The van der Waals surface area contributed by atoms with Gasteiger partial charge in [-0.3, -0.25) is 0 Å². The molecule has 0 saturated heterocycles. The molecule has 0 aliphatic heterocycles. The lowest BCUT2D eigenvalue weighted by Gasteiger charge is -2.09. The minimum absolute atomic E-state index is 0.217. The van der Waals surface area contributed by atoms with Crippen molar-refractivity contribution in [2.45, 2.75) is 12.3 Å². The molecular weight excluding hydrogens is 232 g/mol. The van der Waals surface area contributed by atoms with E-state index in [4.69, 9.17) is 0 Å². The molecule has 0 bridgehead atoms. The van der Waals surface area contributed by atoms with Crippen LogP contribution >= 0.6 is 0 Å². The van der Waals surface area contributed by atoms with Crippen LogP contribution in [0.3, 0.4) is 0 Å². The van der Waals surface area contributed by atoms with Gasteiger partial charge in [0.2, 0.25) is 0 Å². The molecule has 3 aromatic rings. The maximum absolute atomic E-state index is 4.65. The Balaban J connectivity index is 1.91. The number of aromatic nitrogens is 2. The summed E-state index contributed by atoms with van der Waals surface area (Å²) in [6.45, 7) is 3.94. The lowest BCUT2D eigenvalue weighted by atomic mass is 9.99. The quantitative estimate of drug-likeness (QED) is 0.692. The second kappa shape index (κ2) is 5.11. The summed E-state index contributed by atoms with van der Waals surface area (Å²) >= 11 is 0. The van der Waals surface area contributed by atoms with Gasteiger partial charge in [0, 0.05) is 5.92 Å². The number of para-hydroxylation sites is 2. The number of fused-ring (bicyclic) bond motifs is 1. The smallest absolute Gasteiger partial charge is 0.114 e. The van der Waals surface area contributed by atoms with Crippen molar-refractivity contribution in [2.24, 2.45) is 0 Å². The van der Waals surface area contributed by atoms with E-state index < -0.39 is 0 Å². The third-order valence-electron chi connectivity index (χ3n) is 3.34. The van der Waals surface area contributed by atoms with Gasteiger partial charge in [-0.25, -0.2) is 4.98 Å². The van der Waals surface area contributed by atoms with Crippen LogP contribution in [0.5, 0.6) is 0 Å². The third kappa shape index (κ3) is 2.43. The number of hydrogen-bond acceptors (Lipinski definition) is 1. The number of allylic oxidation sites excluding steroid dienone is 1. The molecule has 1 atom stereocenters. The molecule has 1 heterocycles. The topological polar surface area (TPSA) is 28.7 Å². The SMILES string of the molecule is C=CC(Cc1ccccc1)c1nc2ccccc2[nH]1. The summed E-state index contributed by atoms with van der Waals surface area (Å²) in [4.78, 5) is 8.04. The van der Waals surface area contributed by atoms with Gasteiger partial charge in [0.15, 0.2) is 0 Å². The first-order chi connectivity index (χ1) is 9.36. The van der Waals surface area contributed by atoms with Gasteiger partial charge < -0.3 is 4.98 Å². The molecule has 0 amide bonds. The zero-order chi connectivity index (χ0) is 13.1. The number of nitrogens with one attached hydrogen (secondary N) is 1. The van der Waals surface area contributed by atoms with Crippen LogP contribution in [-0.4, -0.2) is 9.97 Å². The van der Waals surface area contributed by atoms with Gasteiger partial charge >= 0.3 is 0 Å². The van der Waals surface area contributed by atoms with E-state index in [2.05, 4.69) is 46.9 Å². The van der Waals surface area contributed by atoms with E-state index in [0.29, 0.717) is 0 Å². The molecule has 1 unspecified atom stereocenters. The van der Waals surface area contributed by atoms with Crippen molar-refractivity contribution in [2.75, 3.05) is 0 Å². The van der Waals surface area contributed by atoms with Gasteiger partial charge in [0.25, 0.3) is 0 Å². The fraction of sp³-hybridized carbons (Fsp3) is 0.118. The van der Waals surface area contributed by atoms with Gasteiger partial charge in [-0.05, 0) is 24.1 Å². The monoisotopic (exact) mass is 248 g/mol. The molecule has 1 N–H and O–H groups in total. The molecule has 94 valence electrons. The predicted molar refractivity (Wildman–Crippen MR) is 79.2 cm³/mol. The Kier molecular flexibility index (Phi) is 3.15. The molecule has 0 saturated carbocycles. The lowest BCUT2D eigenvalue weighted by molar-refractivity contribution is 0.783. The van der Waals surface area contributed by atoms with Crippen molar-refractivity contribution in [1.82, 2.24) is 9.97 Å². The van der Waals surface area contributed by atoms with Crippen molar-refractivity contribution < 1.29 is 0 Å². The zero-order valence-electron chi connectivity index (χ0n) is 10.7. The molecule has 0 spiro atoms. The van der Waals surface area contributed by atoms with Crippen molar-refractivity contribution in [3.05, 3.63) is 78.6 Å². The first kappa shape index (κ1) is 11.7. The number of rotatable bonds is 4. The Morgan fingerprint density at radius 1 is 1.05 bits per heavy atom. The van der Waals surface area contributed by atoms with E-state index in [1.807, 2.05) is 30.3 Å². The molecule has 2 heteroatoms. The van der Waals surface area contributed by atoms with Crippen molar-refractivity contribution in [1.29, 1.82) is 0 Å². The molecule has 3 rings (SSSR count). The number of H-pyrrole nitrogens is 1. The number of benzene rings is 2. The van der Waals surface area contributed by atoms with Gasteiger partial charge in [0.1, 0.15) is 5.82 Å². The minimum atomic E-state index is 0.217. The highest BCUT2D eigenvalue weighted by atomic mass is 14.9. The summed E-state index contributed by atoms with van der Waals surface area (Å²) in [5.74, 6) is 1.20. The molecule has 0 aliphatic carbocycles. The van der Waals surface area contributed by atoms with Crippen LogP contribution in [0.2, 0.25) is 0 Å². The van der Waals surface area contributed by atoms with Gasteiger partial charge in [-0.1, -0.05) is 48.5 Å². The third-order valence-corrected chi connectivity index (χ3v) is 3.34. The molecule has 2 aromatic carbocycles. The van der Waals surface area contributed by atoms with E-state index in [0.717, 1.165) is 23.3 Å². The number of nitrogens with zero attached hydrogens (tertiary/aromatic N) is 1. The highest BCUT2D eigenvalue weighted by Gasteiger charge is 2.12. The highest BCUT2D eigenvalue weighted by molar-refractivity contribution is 5.74. The van der Waals surface area contributed by atoms with Crippen LogP contribution in [0.1, 0.15) is 17.3 Å². The standard InChI is InChI=1S/C17H16N2/c1-2-14(12-13-8-4-3-5-9-13)17-18-15-10-6-7-11-16(15)19-17/h2-11,14H,1,12H2,(H,18,19). The number of imidazole rings is 1. The van der Waals surface area contributed by atoms with Gasteiger partial charge in [-0.15, -0.1) is 6.58 Å². The normalized spacial score (nSPS) is 12.4. The second-order valence-electron chi connectivity index (χ2n) is 4.67. The van der Waals surface area contributed by atoms with E-state index >= 15 is 0 Å². The summed E-state index contributed by atoms with van der Waals surface area (Å²) in [6.07, 6.45) is 2.88. The molecule has 19 heavy (non-hydrogen) atoms. The lowest BCUT2D eigenvalue weighted by Crippen LogP contribution is -2.01. The van der Waals surface area contributed by atoms with Gasteiger partial charge in [-0.2, -0.15) is 0 Å². The second-order valence-corrected chi connectivity index (χ2v) is 4.67. The first-order valence-electron chi connectivity index (χ1n) is 6.48. The highest BCUT2D eigenvalue weighted by Crippen LogP contribution is 2.22. The van der Waals surface area contributed by atoms with E-state index in [1.54, 1.807) is 0 Å². The Morgan fingerprint density at radius 3 is 2.53 bits per heavy atom. The maximum Gasteiger partial charge on any atom is 0.114 e. The average molecular weight is 248 g/mol. The molecule has 2 nitrogen and oxygen atoms in total. The van der Waals surface area contributed by atoms with Crippen LogP contribution in [-0.2, 0) is 6.42 Å². The zero-order valence-corrected chi connectivity index (χ0v) is 10.7. The molecule has 0 fully saturated rings. The fourth-order valence-corrected chi connectivity index (χ4v) is 2.31. The van der Waals surface area contributed by atoms with E-state index in [9.17, 15) is 0 Å². The number of hydrogen-bond donors (Lipinski definition) is 1. The summed E-state index contributed by atoms with van der Waals surface area (Å²) in [5.41, 5.74) is 3.39. The van der Waals surface area contributed by atoms with Crippen molar-refractivity contribution in [3.63, 3.8) is 0 Å². The Morgan fingerprint density at radius 2 is 1.79 bits per heavy atom. The van der Waals surface area contributed by atoms with E-state index in [1.165, 1.54) is 5.56 Å². The Labute approximate surface area is 112 Å². The Hall–Kier alpha value is -2.35. The van der Waals surface area contributed by atoms with Gasteiger partial charge in [0.05, 0.1) is 11.0 Å². The molecule has 0 aliphatic rings. The summed E-state index contributed by atoms with van der Waals surface area (Å²) in [7, 11) is 0. The molecule has 0 radical (unpaired) electrons. The summed E-state index contributed by atoms with van der Waals surface area (Å²) in [6, 6.07) is 18.5. The van der Waals surface area contributed by atoms with E-state index in [-0.39, 0.29) is 5.92 Å². The molecular formula is C17H16N2. The number of aromatic amines is 1. The largest absolute Gasteiger partial charge is 0.341 e. The summed E-state index contributed by atoms with van der Waals surface area (Å²) in [5, 5.41) is 0. The summed E-state index contributed by atoms with van der Waals surface area (Å²) < 4.78 is 0. The van der Waals surface area contributed by atoms with Crippen LogP contribution in [0.4, 0.5) is 0 Å². The molecule has 1 aromatic heterocycles. The maximum atomic E-state index is 4.65. The average Bonchev–Trinajstić information content (AvgIpc) is 2.89. The van der Waals surface area contributed by atoms with Crippen molar-refractivity contribution >= 4 is 11.0 Å². The van der Waals surface area contributed by atoms with Crippen LogP contribution in [0.15, 0.2) is 67.3 Å². The fourth-order valence-electron chi connectivity index (χ4n) is 2.31. The predicted octanol–water partition coefficient (Wildman–Crippen LogP) is 4.08.